The van der Waals surface area contributed by atoms with Crippen molar-refractivity contribution in [3.63, 3.8) is 0 Å². The van der Waals surface area contributed by atoms with Crippen molar-refractivity contribution in [1.29, 1.82) is 0 Å². The molecule has 2 aliphatic rings. The van der Waals surface area contributed by atoms with Gasteiger partial charge in [0.2, 0.25) is 11.8 Å². The molecule has 0 spiro atoms. The SMILES string of the molecule is Cc1cccc(C)c1NC(=O)C1(N(C)C(=O)C(C)N2C(=O)c3ccccc3C2=O)CCCCC1. The lowest BCUT2D eigenvalue weighted by Crippen LogP contribution is -2.62. The summed E-state index contributed by atoms with van der Waals surface area (Å²) in [5.74, 6) is -1.61. The maximum atomic E-state index is 13.7. The first-order valence-corrected chi connectivity index (χ1v) is 11.8. The van der Waals surface area contributed by atoms with Crippen LogP contribution in [0, 0.1) is 13.8 Å². The smallest absolute Gasteiger partial charge is 0.262 e. The molecule has 1 aliphatic heterocycles. The number of carbonyl (C=O) groups excluding carboxylic acids is 4. The number of likely N-dealkylation sites (N-methyl/N-ethyl adjacent to an activating group) is 1. The molecule has 0 radical (unpaired) electrons. The number of anilines is 1. The first-order valence-electron chi connectivity index (χ1n) is 11.8. The van der Waals surface area contributed by atoms with Gasteiger partial charge in [0.25, 0.3) is 11.8 Å². The van der Waals surface area contributed by atoms with Gasteiger partial charge in [-0.25, -0.2) is 0 Å². The number of hydrogen-bond acceptors (Lipinski definition) is 4. The van der Waals surface area contributed by atoms with Crippen LogP contribution >= 0.6 is 0 Å². The van der Waals surface area contributed by atoms with Crippen molar-refractivity contribution in [2.24, 2.45) is 0 Å². The standard InChI is InChI=1S/C27H31N3O4/c1-17-11-10-12-18(2)22(17)28-26(34)27(15-8-5-9-16-27)29(4)23(31)19(3)30-24(32)20-13-6-7-14-21(20)25(30)33/h6-7,10-14,19H,5,8-9,15-16H2,1-4H3,(H,28,34). The average molecular weight is 462 g/mol. The summed E-state index contributed by atoms with van der Waals surface area (Å²) in [6.07, 6.45) is 3.69. The number of nitrogens with one attached hydrogen (secondary N) is 1. The van der Waals surface area contributed by atoms with E-state index in [1.54, 1.807) is 38.2 Å². The molecule has 1 fully saturated rings. The van der Waals surface area contributed by atoms with Crippen LogP contribution in [0.2, 0.25) is 0 Å². The second kappa shape index (κ2) is 9.05. The summed E-state index contributed by atoms with van der Waals surface area (Å²) in [7, 11) is 1.62. The van der Waals surface area contributed by atoms with Crippen molar-refractivity contribution in [2.45, 2.75) is 64.5 Å². The van der Waals surface area contributed by atoms with Crippen LogP contribution in [0.3, 0.4) is 0 Å². The number of imide groups is 1. The fourth-order valence-corrected chi connectivity index (χ4v) is 5.25. The Morgan fingerprint density at radius 3 is 1.97 bits per heavy atom. The second-order valence-corrected chi connectivity index (χ2v) is 9.41. The molecule has 7 heteroatoms. The van der Waals surface area contributed by atoms with Gasteiger partial charge < -0.3 is 10.2 Å². The van der Waals surface area contributed by atoms with Crippen LogP contribution < -0.4 is 5.32 Å². The van der Waals surface area contributed by atoms with Crippen LogP contribution in [0.5, 0.6) is 0 Å². The van der Waals surface area contributed by atoms with Crippen molar-refractivity contribution in [2.75, 3.05) is 12.4 Å². The van der Waals surface area contributed by atoms with E-state index in [2.05, 4.69) is 5.32 Å². The summed E-state index contributed by atoms with van der Waals surface area (Å²) in [5.41, 5.74) is 2.22. The maximum absolute atomic E-state index is 13.7. The zero-order valence-electron chi connectivity index (χ0n) is 20.2. The van der Waals surface area contributed by atoms with Gasteiger partial charge in [-0.1, -0.05) is 49.6 Å². The van der Waals surface area contributed by atoms with Crippen LogP contribution in [-0.2, 0) is 9.59 Å². The Hall–Kier alpha value is -3.48. The van der Waals surface area contributed by atoms with E-state index >= 15 is 0 Å². The van der Waals surface area contributed by atoms with Gasteiger partial charge in [-0.3, -0.25) is 24.1 Å². The van der Waals surface area contributed by atoms with E-state index in [9.17, 15) is 19.2 Å². The minimum Gasteiger partial charge on any atom is -0.329 e. The van der Waals surface area contributed by atoms with Gasteiger partial charge >= 0.3 is 0 Å². The van der Waals surface area contributed by atoms with Gasteiger partial charge in [-0.15, -0.1) is 0 Å². The summed E-state index contributed by atoms with van der Waals surface area (Å²) in [6, 6.07) is 11.4. The number of para-hydroxylation sites is 1. The molecular formula is C27H31N3O4. The number of hydrogen-bond donors (Lipinski definition) is 1. The predicted octanol–water partition coefficient (Wildman–Crippen LogP) is 4.09. The fraction of sp³-hybridized carbons (Fsp3) is 0.407. The highest BCUT2D eigenvalue weighted by atomic mass is 16.2. The average Bonchev–Trinajstić information content (AvgIpc) is 3.10. The van der Waals surface area contributed by atoms with E-state index in [-0.39, 0.29) is 5.91 Å². The van der Waals surface area contributed by atoms with Crippen molar-refractivity contribution >= 4 is 29.3 Å². The molecule has 7 nitrogen and oxygen atoms in total. The van der Waals surface area contributed by atoms with Gasteiger partial charge in [0.05, 0.1) is 11.1 Å². The number of rotatable bonds is 5. The maximum Gasteiger partial charge on any atom is 0.262 e. The lowest BCUT2D eigenvalue weighted by Gasteiger charge is -2.44. The predicted molar refractivity (Wildman–Crippen MR) is 130 cm³/mol. The van der Waals surface area contributed by atoms with E-state index in [1.165, 1.54) is 4.90 Å². The summed E-state index contributed by atoms with van der Waals surface area (Å²) in [4.78, 5) is 55.8. The van der Waals surface area contributed by atoms with Crippen molar-refractivity contribution in [1.82, 2.24) is 9.80 Å². The summed E-state index contributed by atoms with van der Waals surface area (Å²) >= 11 is 0. The van der Waals surface area contributed by atoms with Gasteiger partial charge in [0, 0.05) is 12.7 Å². The Morgan fingerprint density at radius 1 is 0.912 bits per heavy atom. The van der Waals surface area contributed by atoms with Gasteiger partial charge in [0.1, 0.15) is 11.6 Å². The number of carbonyl (C=O) groups is 4. The summed E-state index contributed by atoms with van der Waals surface area (Å²) in [6.45, 7) is 5.44. The third kappa shape index (κ3) is 3.79. The van der Waals surface area contributed by atoms with Crippen LogP contribution in [0.1, 0.15) is 70.9 Å². The number of fused-ring (bicyclic) bond motifs is 1. The van der Waals surface area contributed by atoms with Crippen LogP contribution in [-0.4, -0.2) is 52.1 Å². The third-order valence-corrected chi connectivity index (χ3v) is 7.37. The molecule has 1 saturated carbocycles. The van der Waals surface area contributed by atoms with Gasteiger partial charge in [-0.2, -0.15) is 0 Å². The molecule has 1 unspecified atom stereocenters. The molecule has 4 amide bonds. The lowest BCUT2D eigenvalue weighted by molar-refractivity contribution is -0.148. The van der Waals surface area contributed by atoms with Crippen molar-refractivity contribution < 1.29 is 19.2 Å². The third-order valence-electron chi connectivity index (χ3n) is 7.37. The zero-order valence-corrected chi connectivity index (χ0v) is 20.2. The lowest BCUT2D eigenvalue weighted by atomic mass is 9.79. The molecule has 1 atom stereocenters. The molecule has 2 aromatic rings. The molecule has 0 saturated heterocycles. The van der Waals surface area contributed by atoms with E-state index in [0.717, 1.165) is 41.0 Å². The fourth-order valence-electron chi connectivity index (χ4n) is 5.25. The molecule has 178 valence electrons. The first-order chi connectivity index (χ1) is 16.2. The Bertz CT molecular complexity index is 1110. The molecule has 34 heavy (non-hydrogen) atoms. The number of nitrogens with zero attached hydrogens (tertiary/aromatic N) is 2. The van der Waals surface area contributed by atoms with Crippen molar-refractivity contribution in [3.8, 4) is 0 Å². The van der Waals surface area contributed by atoms with Crippen LogP contribution in [0.4, 0.5) is 5.69 Å². The van der Waals surface area contributed by atoms with Gasteiger partial charge in [0.15, 0.2) is 0 Å². The normalized spacial score (nSPS) is 17.8. The minimum absolute atomic E-state index is 0.227. The number of amides is 4. The van der Waals surface area contributed by atoms with E-state index in [1.807, 2.05) is 32.0 Å². The van der Waals surface area contributed by atoms with E-state index < -0.39 is 29.3 Å². The highest BCUT2D eigenvalue weighted by Gasteiger charge is 2.49. The molecule has 1 aliphatic carbocycles. The Balaban J connectivity index is 1.62. The van der Waals surface area contributed by atoms with Crippen LogP contribution in [0.15, 0.2) is 42.5 Å². The molecule has 2 aromatic carbocycles. The molecule has 0 bridgehead atoms. The number of benzene rings is 2. The summed E-state index contributed by atoms with van der Waals surface area (Å²) < 4.78 is 0. The highest BCUT2D eigenvalue weighted by Crippen LogP contribution is 2.36. The largest absolute Gasteiger partial charge is 0.329 e. The zero-order chi connectivity index (χ0) is 24.6. The monoisotopic (exact) mass is 461 g/mol. The Kier molecular flexibility index (Phi) is 6.30. The highest BCUT2D eigenvalue weighted by molar-refractivity contribution is 6.22. The summed E-state index contributed by atoms with van der Waals surface area (Å²) in [5, 5.41) is 3.08. The second-order valence-electron chi connectivity index (χ2n) is 9.41. The van der Waals surface area contributed by atoms with Gasteiger partial charge in [-0.05, 0) is 56.9 Å². The number of aryl methyl sites for hydroxylation is 2. The van der Waals surface area contributed by atoms with Crippen molar-refractivity contribution in [3.05, 3.63) is 64.7 Å². The van der Waals surface area contributed by atoms with Crippen LogP contribution in [0.25, 0.3) is 0 Å². The minimum atomic E-state index is -1.04. The molecule has 0 aromatic heterocycles. The topological polar surface area (TPSA) is 86.8 Å². The molecule has 1 N–H and O–H groups in total. The molecule has 4 rings (SSSR count). The Labute approximate surface area is 200 Å². The molecule has 1 heterocycles. The molecular weight excluding hydrogens is 430 g/mol. The first kappa shape index (κ1) is 23.7. The van der Waals surface area contributed by atoms with E-state index in [0.29, 0.717) is 24.0 Å². The van der Waals surface area contributed by atoms with E-state index in [4.69, 9.17) is 0 Å². The quantitative estimate of drug-likeness (QED) is 0.680. The Morgan fingerprint density at radius 2 is 1.44 bits per heavy atom.